The lowest BCUT2D eigenvalue weighted by molar-refractivity contribution is -0.129. The Morgan fingerprint density at radius 3 is 2.06 bits per heavy atom. The van der Waals surface area contributed by atoms with Crippen LogP contribution in [0.5, 0.6) is 11.5 Å². The van der Waals surface area contributed by atoms with Gasteiger partial charge in [0.05, 0.1) is 19.8 Å². The fraction of sp³-hybridized carbons (Fsp3) is 0.192. The Hall–Kier alpha value is -4.53. The van der Waals surface area contributed by atoms with Gasteiger partial charge >= 0.3 is 12.0 Å². The molecule has 0 saturated heterocycles. The maximum Gasteiger partial charge on any atom is 0.338 e. The monoisotopic (exact) mass is 477 g/mol. The van der Waals surface area contributed by atoms with Gasteiger partial charge in [0.25, 0.3) is 5.91 Å². The van der Waals surface area contributed by atoms with E-state index >= 15 is 0 Å². The lowest BCUT2D eigenvalue weighted by Crippen LogP contribution is -2.35. The second-order valence-corrected chi connectivity index (χ2v) is 7.48. The van der Waals surface area contributed by atoms with Gasteiger partial charge in [0, 0.05) is 17.9 Å². The van der Waals surface area contributed by atoms with Gasteiger partial charge in [0.15, 0.2) is 17.6 Å². The van der Waals surface area contributed by atoms with Crippen molar-refractivity contribution in [1.82, 2.24) is 5.32 Å². The van der Waals surface area contributed by atoms with Gasteiger partial charge in [0.1, 0.15) is 0 Å². The van der Waals surface area contributed by atoms with Crippen molar-refractivity contribution in [2.45, 2.75) is 19.6 Å². The highest BCUT2D eigenvalue weighted by Gasteiger charge is 2.19. The normalized spacial score (nSPS) is 11.1. The molecule has 0 radical (unpaired) electrons. The predicted molar refractivity (Wildman–Crippen MR) is 132 cm³/mol. The van der Waals surface area contributed by atoms with Crippen molar-refractivity contribution in [3.05, 3.63) is 83.9 Å². The summed E-state index contributed by atoms with van der Waals surface area (Å²) in [5, 5.41) is 8.11. The molecule has 0 heterocycles. The number of anilines is 2. The molecule has 0 aromatic heterocycles. The summed E-state index contributed by atoms with van der Waals surface area (Å²) >= 11 is 0. The van der Waals surface area contributed by atoms with Gasteiger partial charge in [0.2, 0.25) is 0 Å². The molecule has 3 rings (SSSR count). The number of methoxy groups -OCH3 is 2. The molecule has 0 bridgehead atoms. The average molecular weight is 478 g/mol. The lowest BCUT2D eigenvalue weighted by atomic mass is 10.2. The number of carbonyl (C=O) groups excluding carboxylic acids is 3. The van der Waals surface area contributed by atoms with Gasteiger partial charge in [-0.05, 0) is 61.0 Å². The number of rotatable bonds is 9. The summed E-state index contributed by atoms with van der Waals surface area (Å²) in [5.74, 6) is 0.0418. The first-order chi connectivity index (χ1) is 16.9. The number of esters is 1. The summed E-state index contributed by atoms with van der Waals surface area (Å²) in [6.07, 6.45) is -1.00. The molecule has 9 heteroatoms. The number of hydrogen-bond donors (Lipinski definition) is 3. The molecule has 0 saturated carbocycles. The molecular formula is C26H27N3O6. The van der Waals surface area contributed by atoms with Crippen molar-refractivity contribution in [1.29, 1.82) is 0 Å². The van der Waals surface area contributed by atoms with Gasteiger partial charge < -0.3 is 30.2 Å². The molecule has 0 aliphatic heterocycles. The highest BCUT2D eigenvalue weighted by Crippen LogP contribution is 2.27. The maximum absolute atomic E-state index is 12.4. The van der Waals surface area contributed by atoms with Gasteiger partial charge in [-0.3, -0.25) is 4.79 Å². The van der Waals surface area contributed by atoms with Crippen molar-refractivity contribution in [3.8, 4) is 11.5 Å². The van der Waals surface area contributed by atoms with E-state index in [2.05, 4.69) is 16.0 Å². The van der Waals surface area contributed by atoms with E-state index in [9.17, 15) is 14.4 Å². The number of nitrogens with one attached hydrogen (secondary N) is 3. The molecule has 1 unspecified atom stereocenters. The number of urea groups is 1. The van der Waals surface area contributed by atoms with E-state index in [0.29, 0.717) is 22.9 Å². The summed E-state index contributed by atoms with van der Waals surface area (Å²) in [6.45, 7) is 1.72. The van der Waals surface area contributed by atoms with Gasteiger partial charge in [-0.15, -0.1) is 0 Å². The zero-order valence-electron chi connectivity index (χ0n) is 19.7. The molecule has 3 aromatic carbocycles. The Bertz CT molecular complexity index is 1170. The lowest BCUT2D eigenvalue weighted by Gasteiger charge is -2.15. The van der Waals surface area contributed by atoms with E-state index in [1.807, 2.05) is 18.2 Å². The zero-order valence-corrected chi connectivity index (χ0v) is 19.7. The molecule has 182 valence electrons. The quantitative estimate of drug-likeness (QED) is 0.398. The van der Waals surface area contributed by atoms with Gasteiger partial charge in [-0.1, -0.05) is 24.3 Å². The van der Waals surface area contributed by atoms with Crippen LogP contribution in [-0.2, 0) is 16.1 Å². The third kappa shape index (κ3) is 7.23. The first kappa shape index (κ1) is 25.1. The fourth-order valence-corrected chi connectivity index (χ4v) is 3.11. The number of carbonyl (C=O) groups is 3. The van der Waals surface area contributed by atoms with E-state index in [4.69, 9.17) is 14.2 Å². The second-order valence-electron chi connectivity index (χ2n) is 7.48. The highest BCUT2D eigenvalue weighted by atomic mass is 16.5. The number of amides is 3. The summed E-state index contributed by atoms with van der Waals surface area (Å²) in [4.78, 5) is 36.9. The van der Waals surface area contributed by atoms with Crippen LogP contribution in [0.25, 0.3) is 0 Å². The average Bonchev–Trinajstić information content (AvgIpc) is 2.87. The highest BCUT2D eigenvalue weighted by molar-refractivity contribution is 6.00. The summed E-state index contributed by atoms with van der Waals surface area (Å²) < 4.78 is 15.7. The molecule has 3 amide bonds. The molecule has 0 aliphatic carbocycles. The second kappa shape index (κ2) is 12.1. The van der Waals surface area contributed by atoms with E-state index in [1.165, 1.54) is 26.2 Å². The van der Waals surface area contributed by atoms with Gasteiger partial charge in [-0.25, -0.2) is 9.59 Å². The summed E-state index contributed by atoms with van der Waals surface area (Å²) in [5.41, 5.74) is 2.20. The van der Waals surface area contributed by atoms with Crippen LogP contribution in [0.1, 0.15) is 22.8 Å². The number of ether oxygens (including phenoxy) is 3. The molecule has 3 N–H and O–H groups in total. The van der Waals surface area contributed by atoms with Gasteiger partial charge in [-0.2, -0.15) is 0 Å². The molecular weight excluding hydrogens is 450 g/mol. The standard InChI is InChI=1S/C26H27N3O6/c1-17(24(30)27-16-18-9-14-22(33-2)23(15-18)34-3)35-25(31)19-10-12-21(13-11-19)29-26(32)28-20-7-5-4-6-8-20/h4-15,17H,16H2,1-3H3,(H,27,30)(H2,28,29,32). The van der Waals surface area contributed by atoms with Crippen LogP contribution in [0.4, 0.5) is 16.2 Å². The minimum absolute atomic E-state index is 0.229. The Labute approximate surface area is 203 Å². The minimum Gasteiger partial charge on any atom is -0.493 e. The number of para-hydroxylation sites is 1. The summed E-state index contributed by atoms with van der Waals surface area (Å²) in [7, 11) is 3.08. The van der Waals surface area contributed by atoms with E-state index < -0.39 is 24.0 Å². The first-order valence-electron chi connectivity index (χ1n) is 10.8. The topological polar surface area (TPSA) is 115 Å². The Balaban J connectivity index is 1.48. The van der Waals surface area contributed by atoms with Crippen LogP contribution in [0.3, 0.4) is 0 Å². The van der Waals surface area contributed by atoms with Crippen LogP contribution >= 0.6 is 0 Å². The maximum atomic E-state index is 12.4. The van der Waals surface area contributed by atoms with Crippen molar-refractivity contribution < 1.29 is 28.6 Å². The Kier molecular flexibility index (Phi) is 8.66. The molecule has 3 aromatic rings. The SMILES string of the molecule is COc1ccc(CNC(=O)C(C)OC(=O)c2ccc(NC(=O)Nc3ccccc3)cc2)cc1OC. The van der Waals surface area contributed by atoms with E-state index in [-0.39, 0.29) is 12.1 Å². The number of hydrogen-bond acceptors (Lipinski definition) is 6. The minimum atomic E-state index is -1.00. The third-order valence-electron chi connectivity index (χ3n) is 4.98. The summed E-state index contributed by atoms with van der Waals surface area (Å²) in [6, 6.07) is 20.1. The van der Waals surface area contributed by atoms with Crippen LogP contribution in [0, 0.1) is 0 Å². The van der Waals surface area contributed by atoms with Crippen molar-refractivity contribution in [2.24, 2.45) is 0 Å². The van der Waals surface area contributed by atoms with Crippen LogP contribution in [0.15, 0.2) is 72.8 Å². The molecule has 35 heavy (non-hydrogen) atoms. The molecule has 1 atom stereocenters. The fourth-order valence-electron chi connectivity index (χ4n) is 3.11. The zero-order chi connectivity index (χ0) is 25.2. The molecule has 0 spiro atoms. The molecule has 0 fully saturated rings. The Morgan fingerprint density at radius 2 is 1.43 bits per heavy atom. The molecule has 0 aliphatic rings. The van der Waals surface area contributed by atoms with Crippen molar-refractivity contribution in [2.75, 3.05) is 24.9 Å². The number of benzene rings is 3. The smallest absolute Gasteiger partial charge is 0.338 e. The third-order valence-corrected chi connectivity index (χ3v) is 4.98. The van der Waals surface area contributed by atoms with Crippen molar-refractivity contribution in [3.63, 3.8) is 0 Å². The van der Waals surface area contributed by atoms with E-state index in [0.717, 1.165) is 5.56 Å². The van der Waals surface area contributed by atoms with E-state index in [1.54, 1.807) is 49.6 Å². The largest absolute Gasteiger partial charge is 0.493 e. The molecule has 9 nitrogen and oxygen atoms in total. The Morgan fingerprint density at radius 1 is 0.800 bits per heavy atom. The van der Waals surface area contributed by atoms with Crippen molar-refractivity contribution >= 4 is 29.3 Å². The van der Waals surface area contributed by atoms with Crippen LogP contribution < -0.4 is 25.4 Å². The van der Waals surface area contributed by atoms with Crippen LogP contribution in [-0.4, -0.2) is 38.2 Å². The predicted octanol–water partition coefficient (Wildman–Crippen LogP) is 4.21. The first-order valence-corrected chi connectivity index (χ1v) is 10.8. The van der Waals surface area contributed by atoms with Crippen LogP contribution in [0.2, 0.25) is 0 Å².